The van der Waals surface area contributed by atoms with Crippen molar-refractivity contribution in [1.82, 2.24) is 10.2 Å². The Bertz CT molecular complexity index is 673. The van der Waals surface area contributed by atoms with Gasteiger partial charge in [0.05, 0.1) is 11.5 Å². The lowest BCUT2D eigenvalue weighted by atomic mass is 10.2. The number of rotatable bonds is 3. The van der Waals surface area contributed by atoms with Gasteiger partial charge >= 0.3 is 11.8 Å². The number of hydrogen-bond donors (Lipinski definition) is 1. The van der Waals surface area contributed by atoms with Gasteiger partial charge in [-0.25, -0.2) is 8.42 Å². The fourth-order valence-corrected chi connectivity index (χ4v) is 4.17. The number of hydrogen-bond acceptors (Lipinski definition) is 4. The fraction of sp³-hybridized carbons (Fsp3) is 0.429. The molecule has 6 nitrogen and oxygen atoms in total. The van der Waals surface area contributed by atoms with E-state index in [2.05, 4.69) is 5.32 Å². The molecule has 1 aliphatic heterocycles. The summed E-state index contributed by atoms with van der Waals surface area (Å²) >= 11 is 5.76. The molecule has 0 aromatic heterocycles. The molecule has 1 heterocycles. The second-order valence-corrected chi connectivity index (χ2v) is 7.95. The molecule has 22 heavy (non-hydrogen) atoms. The Balaban J connectivity index is 1.89. The van der Waals surface area contributed by atoms with Crippen LogP contribution >= 0.6 is 11.6 Å². The Kier molecular flexibility index (Phi) is 5.08. The molecule has 2 rings (SSSR count). The zero-order valence-electron chi connectivity index (χ0n) is 12.1. The summed E-state index contributed by atoms with van der Waals surface area (Å²) in [7, 11) is -1.64. The summed E-state index contributed by atoms with van der Waals surface area (Å²) in [6, 6.07) is 6.46. The van der Waals surface area contributed by atoms with E-state index >= 15 is 0 Å². The first kappa shape index (κ1) is 16.8. The van der Waals surface area contributed by atoms with Crippen LogP contribution in [0.3, 0.4) is 0 Å². The predicted octanol–water partition coefficient (Wildman–Crippen LogP) is 0.602. The van der Waals surface area contributed by atoms with E-state index in [9.17, 15) is 18.0 Å². The molecule has 0 bridgehead atoms. The number of carbonyl (C=O) groups is 2. The number of sulfone groups is 1. The van der Waals surface area contributed by atoms with Gasteiger partial charge in [0.15, 0.2) is 9.84 Å². The van der Waals surface area contributed by atoms with E-state index in [4.69, 9.17) is 11.6 Å². The first-order valence-corrected chi connectivity index (χ1v) is 8.98. The maximum absolute atomic E-state index is 12.0. The number of benzene rings is 1. The van der Waals surface area contributed by atoms with Crippen LogP contribution in [0, 0.1) is 0 Å². The highest BCUT2D eigenvalue weighted by molar-refractivity contribution is 7.91. The van der Waals surface area contributed by atoms with Gasteiger partial charge in [-0.15, -0.1) is 0 Å². The summed E-state index contributed by atoms with van der Waals surface area (Å²) in [4.78, 5) is 25.1. The topological polar surface area (TPSA) is 83.6 Å². The Hall–Kier alpha value is -1.60. The molecule has 1 aromatic rings. The standard InChI is InChI=1S/C14H17ClN2O4S/c1-17(12-6-7-22(20,21)9-12)14(19)13(18)16-8-10-2-4-11(15)5-3-10/h2-5,12H,6-9H2,1H3,(H,16,18). The van der Waals surface area contributed by atoms with Crippen molar-refractivity contribution in [3.8, 4) is 0 Å². The molecular formula is C14H17ClN2O4S. The zero-order valence-corrected chi connectivity index (χ0v) is 13.7. The maximum Gasteiger partial charge on any atom is 0.311 e. The minimum atomic E-state index is -3.10. The first-order valence-electron chi connectivity index (χ1n) is 6.78. The minimum Gasteiger partial charge on any atom is -0.344 e. The van der Waals surface area contributed by atoms with Crippen LogP contribution in [0.5, 0.6) is 0 Å². The summed E-state index contributed by atoms with van der Waals surface area (Å²) in [5, 5.41) is 3.11. The predicted molar refractivity (Wildman–Crippen MR) is 83.1 cm³/mol. The van der Waals surface area contributed by atoms with Crippen molar-refractivity contribution in [2.45, 2.75) is 19.0 Å². The molecule has 1 fully saturated rings. The smallest absolute Gasteiger partial charge is 0.311 e. The van der Waals surface area contributed by atoms with Crippen molar-refractivity contribution in [3.05, 3.63) is 34.9 Å². The molecule has 1 aromatic carbocycles. The molecule has 1 atom stereocenters. The van der Waals surface area contributed by atoms with Crippen LogP contribution in [0.2, 0.25) is 5.02 Å². The van der Waals surface area contributed by atoms with Crippen LogP contribution in [-0.4, -0.2) is 49.7 Å². The maximum atomic E-state index is 12.0. The van der Waals surface area contributed by atoms with Gasteiger partial charge in [0, 0.05) is 24.7 Å². The highest BCUT2D eigenvalue weighted by atomic mass is 35.5. The molecule has 0 radical (unpaired) electrons. The van der Waals surface area contributed by atoms with Gasteiger partial charge in [-0.3, -0.25) is 9.59 Å². The lowest BCUT2D eigenvalue weighted by Gasteiger charge is -2.22. The third kappa shape index (κ3) is 4.20. The van der Waals surface area contributed by atoms with E-state index in [1.54, 1.807) is 24.3 Å². The van der Waals surface area contributed by atoms with Gasteiger partial charge in [0.2, 0.25) is 0 Å². The molecule has 1 unspecified atom stereocenters. The van der Waals surface area contributed by atoms with Gasteiger partial charge in [0.25, 0.3) is 0 Å². The Morgan fingerprint density at radius 3 is 2.50 bits per heavy atom. The summed E-state index contributed by atoms with van der Waals surface area (Å²) in [6.45, 7) is 0.207. The summed E-state index contributed by atoms with van der Waals surface area (Å²) < 4.78 is 22.9. The van der Waals surface area contributed by atoms with Gasteiger partial charge in [-0.2, -0.15) is 0 Å². The monoisotopic (exact) mass is 344 g/mol. The Morgan fingerprint density at radius 1 is 1.32 bits per heavy atom. The van der Waals surface area contributed by atoms with Crippen LogP contribution in [0.25, 0.3) is 0 Å². The fourth-order valence-electron chi connectivity index (χ4n) is 2.27. The number of carbonyl (C=O) groups excluding carboxylic acids is 2. The Morgan fingerprint density at radius 2 is 1.95 bits per heavy atom. The van der Waals surface area contributed by atoms with E-state index in [-0.39, 0.29) is 18.1 Å². The molecule has 120 valence electrons. The molecule has 0 aliphatic carbocycles. The van der Waals surface area contributed by atoms with E-state index in [0.29, 0.717) is 11.4 Å². The molecule has 1 N–H and O–H groups in total. The first-order chi connectivity index (χ1) is 10.3. The van der Waals surface area contributed by atoms with Gasteiger partial charge in [0.1, 0.15) is 0 Å². The van der Waals surface area contributed by atoms with E-state index < -0.39 is 27.7 Å². The number of nitrogens with one attached hydrogen (secondary N) is 1. The number of nitrogens with zero attached hydrogens (tertiary/aromatic N) is 1. The van der Waals surface area contributed by atoms with E-state index in [1.807, 2.05) is 0 Å². The quantitative estimate of drug-likeness (QED) is 0.814. The van der Waals surface area contributed by atoms with E-state index in [1.165, 1.54) is 11.9 Å². The molecule has 1 saturated heterocycles. The lowest BCUT2D eigenvalue weighted by Crippen LogP contribution is -2.46. The van der Waals surface area contributed by atoms with Gasteiger partial charge in [-0.1, -0.05) is 23.7 Å². The zero-order chi connectivity index (χ0) is 16.3. The lowest BCUT2D eigenvalue weighted by molar-refractivity contribution is -0.146. The number of likely N-dealkylation sites (N-methyl/N-ethyl adjacent to an activating group) is 1. The van der Waals surface area contributed by atoms with Crippen molar-refractivity contribution >= 4 is 33.3 Å². The number of amides is 2. The van der Waals surface area contributed by atoms with Crippen molar-refractivity contribution in [1.29, 1.82) is 0 Å². The molecule has 2 amide bonds. The summed E-state index contributed by atoms with van der Waals surface area (Å²) in [5.41, 5.74) is 0.816. The second kappa shape index (κ2) is 6.66. The average Bonchev–Trinajstić information content (AvgIpc) is 2.85. The molecule has 0 spiro atoms. The van der Waals surface area contributed by atoms with Crippen LogP contribution < -0.4 is 5.32 Å². The summed E-state index contributed by atoms with van der Waals surface area (Å²) in [6.07, 6.45) is 0.370. The third-order valence-corrected chi connectivity index (χ3v) is 5.64. The van der Waals surface area contributed by atoms with Crippen molar-refractivity contribution in [2.75, 3.05) is 18.6 Å². The largest absolute Gasteiger partial charge is 0.344 e. The third-order valence-electron chi connectivity index (χ3n) is 3.64. The van der Waals surface area contributed by atoms with Crippen molar-refractivity contribution in [2.24, 2.45) is 0 Å². The normalized spacial score (nSPS) is 19.6. The molecule has 8 heteroatoms. The Labute approximate surface area is 134 Å². The van der Waals surface area contributed by atoms with Crippen LogP contribution in [0.4, 0.5) is 0 Å². The average molecular weight is 345 g/mol. The van der Waals surface area contributed by atoms with Crippen LogP contribution in [-0.2, 0) is 26.0 Å². The minimum absolute atomic E-state index is 0.0572. The molecular weight excluding hydrogens is 328 g/mol. The molecule has 1 aliphatic rings. The summed E-state index contributed by atoms with van der Waals surface area (Å²) in [5.74, 6) is -1.50. The van der Waals surface area contributed by atoms with Crippen LogP contribution in [0.15, 0.2) is 24.3 Å². The highest BCUT2D eigenvalue weighted by Gasteiger charge is 2.34. The highest BCUT2D eigenvalue weighted by Crippen LogP contribution is 2.16. The second-order valence-electron chi connectivity index (χ2n) is 5.28. The van der Waals surface area contributed by atoms with Crippen molar-refractivity contribution < 1.29 is 18.0 Å². The van der Waals surface area contributed by atoms with Gasteiger partial charge in [-0.05, 0) is 24.1 Å². The molecule has 0 saturated carbocycles. The SMILES string of the molecule is CN(C(=O)C(=O)NCc1ccc(Cl)cc1)C1CCS(=O)(=O)C1. The van der Waals surface area contributed by atoms with Crippen molar-refractivity contribution in [3.63, 3.8) is 0 Å². The number of halogens is 1. The van der Waals surface area contributed by atoms with Crippen LogP contribution in [0.1, 0.15) is 12.0 Å². The van der Waals surface area contributed by atoms with E-state index in [0.717, 1.165) is 5.56 Å². The van der Waals surface area contributed by atoms with Gasteiger partial charge < -0.3 is 10.2 Å².